The average molecular weight is 388 g/mol. The Morgan fingerprint density at radius 2 is 1.48 bits per heavy atom. The predicted octanol–water partition coefficient (Wildman–Crippen LogP) is 6.85. The van der Waals surface area contributed by atoms with Crippen molar-refractivity contribution in [2.45, 2.75) is 39.4 Å². The minimum atomic E-state index is -0.241. The Balaban J connectivity index is 1.67. The van der Waals surface area contributed by atoms with Gasteiger partial charge in [0.2, 0.25) is 0 Å². The van der Waals surface area contributed by atoms with E-state index < -0.39 is 0 Å². The Kier molecular flexibility index (Phi) is 6.28. The lowest BCUT2D eigenvalue weighted by molar-refractivity contribution is -0.0441. The summed E-state index contributed by atoms with van der Waals surface area (Å²) in [6.45, 7) is 5.69. The number of hydrogen-bond acceptors (Lipinski definition) is 3. The molecular formula is C26H29NO2. The van der Waals surface area contributed by atoms with E-state index in [0.717, 1.165) is 29.0 Å². The fraction of sp³-hybridized carbons (Fsp3) is 0.308. The molecule has 0 amide bonds. The zero-order valence-corrected chi connectivity index (χ0v) is 17.3. The summed E-state index contributed by atoms with van der Waals surface area (Å²) < 4.78 is 11.3. The lowest BCUT2D eigenvalue weighted by Crippen LogP contribution is -2.10. The minimum Gasteiger partial charge on any atom is -0.346 e. The molecule has 0 aromatic heterocycles. The Hall–Kier alpha value is -2.62. The van der Waals surface area contributed by atoms with Crippen LogP contribution in [0.3, 0.4) is 0 Å². The molecule has 3 nitrogen and oxygen atoms in total. The van der Waals surface area contributed by atoms with Crippen molar-refractivity contribution in [3.63, 3.8) is 0 Å². The monoisotopic (exact) mass is 387 g/mol. The van der Waals surface area contributed by atoms with Crippen LogP contribution in [0.2, 0.25) is 0 Å². The molecule has 0 bridgehead atoms. The molecule has 0 unspecified atom stereocenters. The van der Waals surface area contributed by atoms with Gasteiger partial charge in [-0.2, -0.15) is 0 Å². The van der Waals surface area contributed by atoms with E-state index in [2.05, 4.69) is 91.5 Å². The molecule has 0 aliphatic carbocycles. The van der Waals surface area contributed by atoms with Crippen molar-refractivity contribution in [3.8, 4) is 0 Å². The van der Waals surface area contributed by atoms with Crippen molar-refractivity contribution in [2.24, 2.45) is 0 Å². The van der Waals surface area contributed by atoms with Gasteiger partial charge in [-0.05, 0) is 67.3 Å². The van der Waals surface area contributed by atoms with Gasteiger partial charge in [0.15, 0.2) is 6.29 Å². The van der Waals surface area contributed by atoms with Crippen LogP contribution in [-0.2, 0) is 15.9 Å². The second-order valence-corrected chi connectivity index (χ2v) is 7.61. The molecule has 1 fully saturated rings. The molecule has 3 heteroatoms. The van der Waals surface area contributed by atoms with Crippen LogP contribution in [0.4, 0.5) is 17.1 Å². The maximum Gasteiger partial charge on any atom is 0.184 e. The second-order valence-electron chi connectivity index (χ2n) is 7.61. The molecule has 0 N–H and O–H groups in total. The van der Waals surface area contributed by atoms with Crippen molar-refractivity contribution in [3.05, 3.63) is 89.5 Å². The number of rotatable bonds is 7. The molecule has 0 atom stereocenters. The van der Waals surface area contributed by atoms with Crippen LogP contribution in [0.25, 0.3) is 0 Å². The van der Waals surface area contributed by atoms with E-state index in [1.165, 1.54) is 24.0 Å². The first kappa shape index (κ1) is 19.7. The number of anilines is 3. The van der Waals surface area contributed by atoms with Crippen molar-refractivity contribution in [2.75, 3.05) is 18.1 Å². The van der Waals surface area contributed by atoms with Crippen LogP contribution in [0.1, 0.15) is 42.7 Å². The lowest BCUT2D eigenvalue weighted by atomic mass is 10.1. The predicted molar refractivity (Wildman–Crippen MR) is 119 cm³/mol. The zero-order valence-electron chi connectivity index (χ0n) is 17.3. The van der Waals surface area contributed by atoms with E-state index in [-0.39, 0.29) is 6.29 Å². The fourth-order valence-corrected chi connectivity index (χ4v) is 3.74. The largest absolute Gasteiger partial charge is 0.346 e. The fourth-order valence-electron chi connectivity index (χ4n) is 3.74. The Morgan fingerprint density at radius 1 is 0.828 bits per heavy atom. The van der Waals surface area contributed by atoms with Gasteiger partial charge in [0.1, 0.15) is 0 Å². The standard InChI is InChI=1S/C26H29NO2/c1-3-4-7-21-9-13-23(14-10-21)27(25-8-5-6-20(2)19-25)24-15-11-22(12-16-24)26-28-17-18-29-26/h5-6,8-16,19,26H,3-4,7,17-18H2,1-2H3. The third-order valence-electron chi connectivity index (χ3n) is 5.32. The molecule has 3 aromatic rings. The van der Waals surface area contributed by atoms with Crippen molar-refractivity contribution in [1.29, 1.82) is 0 Å². The number of benzene rings is 3. The van der Waals surface area contributed by atoms with Gasteiger partial charge in [0.25, 0.3) is 0 Å². The molecule has 3 aromatic carbocycles. The van der Waals surface area contributed by atoms with Crippen LogP contribution in [0.15, 0.2) is 72.8 Å². The van der Waals surface area contributed by atoms with E-state index in [1.807, 2.05) is 0 Å². The highest BCUT2D eigenvalue weighted by Crippen LogP contribution is 2.36. The molecule has 29 heavy (non-hydrogen) atoms. The van der Waals surface area contributed by atoms with Crippen LogP contribution in [0.5, 0.6) is 0 Å². The van der Waals surface area contributed by atoms with E-state index in [1.54, 1.807) is 0 Å². The summed E-state index contributed by atoms with van der Waals surface area (Å²) in [5.74, 6) is 0. The van der Waals surface area contributed by atoms with Crippen LogP contribution in [-0.4, -0.2) is 13.2 Å². The van der Waals surface area contributed by atoms with Gasteiger partial charge in [-0.25, -0.2) is 0 Å². The number of ether oxygens (including phenoxy) is 2. The molecule has 0 radical (unpaired) electrons. The highest BCUT2D eigenvalue weighted by atomic mass is 16.7. The van der Waals surface area contributed by atoms with Gasteiger partial charge in [-0.1, -0.05) is 49.7 Å². The Bertz CT molecular complexity index is 912. The number of hydrogen-bond donors (Lipinski definition) is 0. The number of nitrogens with zero attached hydrogens (tertiary/aromatic N) is 1. The summed E-state index contributed by atoms with van der Waals surface area (Å²) in [6.07, 6.45) is 3.34. The highest BCUT2D eigenvalue weighted by molar-refractivity contribution is 5.76. The topological polar surface area (TPSA) is 21.7 Å². The first-order chi connectivity index (χ1) is 14.2. The SMILES string of the molecule is CCCCc1ccc(N(c2ccc(C3OCCO3)cc2)c2cccc(C)c2)cc1. The summed E-state index contributed by atoms with van der Waals surface area (Å²) in [5, 5.41) is 0. The summed E-state index contributed by atoms with van der Waals surface area (Å²) in [4.78, 5) is 2.30. The molecule has 1 aliphatic rings. The van der Waals surface area contributed by atoms with Gasteiger partial charge in [0.05, 0.1) is 13.2 Å². The van der Waals surface area contributed by atoms with Gasteiger partial charge < -0.3 is 14.4 Å². The van der Waals surface area contributed by atoms with E-state index in [0.29, 0.717) is 13.2 Å². The molecular weight excluding hydrogens is 358 g/mol. The van der Waals surface area contributed by atoms with E-state index in [9.17, 15) is 0 Å². The van der Waals surface area contributed by atoms with Gasteiger partial charge in [0, 0.05) is 22.6 Å². The van der Waals surface area contributed by atoms with Crippen LogP contribution < -0.4 is 4.90 Å². The van der Waals surface area contributed by atoms with E-state index >= 15 is 0 Å². The molecule has 4 rings (SSSR count). The first-order valence-corrected chi connectivity index (χ1v) is 10.5. The van der Waals surface area contributed by atoms with Crippen molar-refractivity contribution < 1.29 is 9.47 Å². The second kappa shape index (κ2) is 9.25. The summed E-state index contributed by atoms with van der Waals surface area (Å²) in [7, 11) is 0. The third-order valence-corrected chi connectivity index (χ3v) is 5.32. The summed E-state index contributed by atoms with van der Waals surface area (Å²) in [5.41, 5.74) is 7.15. The normalized spacial score (nSPS) is 14.3. The van der Waals surface area contributed by atoms with Crippen LogP contribution in [0, 0.1) is 6.92 Å². The Labute approximate surface area is 173 Å². The minimum absolute atomic E-state index is 0.241. The molecule has 0 saturated carbocycles. The van der Waals surface area contributed by atoms with Crippen molar-refractivity contribution >= 4 is 17.1 Å². The quantitative estimate of drug-likeness (QED) is 0.442. The number of aryl methyl sites for hydroxylation is 2. The number of unbranched alkanes of at least 4 members (excludes halogenated alkanes) is 1. The molecule has 150 valence electrons. The zero-order chi connectivity index (χ0) is 20.1. The summed E-state index contributed by atoms with van der Waals surface area (Å²) in [6, 6.07) is 26.1. The first-order valence-electron chi connectivity index (χ1n) is 10.5. The Morgan fingerprint density at radius 3 is 2.10 bits per heavy atom. The van der Waals surface area contributed by atoms with Crippen LogP contribution >= 0.6 is 0 Å². The lowest BCUT2D eigenvalue weighted by Gasteiger charge is -2.26. The highest BCUT2D eigenvalue weighted by Gasteiger charge is 2.19. The van der Waals surface area contributed by atoms with Crippen molar-refractivity contribution in [1.82, 2.24) is 0 Å². The van der Waals surface area contributed by atoms with Gasteiger partial charge >= 0.3 is 0 Å². The molecule has 1 heterocycles. The molecule has 1 saturated heterocycles. The van der Waals surface area contributed by atoms with Gasteiger partial charge in [-0.3, -0.25) is 0 Å². The maximum absolute atomic E-state index is 5.63. The molecule has 0 spiro atoms. The maximum atomic E-state index is 5.63. The summed E-state index contributed by atoms with van der Waals surface area (Å²) >= 11 is 0. The smallest absolute Gasteiger partial charge is 0.184 e. The molecule has 1 aliphatic heterocycles. The van der Waals surface area contributed by atoms with E-state index in [4.69, 9.17) is 9.47 Å². The van der Waals surface area contributed by atoms with Gasteiger partial charge in [-0.15, -0.1) is 0 Å². The average Bonchev–Trinajstić information content (AvgIpc) is 3.29. The third kappa shape index (κ3) is 4.69.